The summed E-state index contributed by atoms with van der Waals surface area (Å²) in [6.07, 6.45) is -0.0235. The maximum Gasteiger partial charge on any atom is 0.408 e. The van der Waals surface area contributed by atoms with Crippen molar-refractivity contribution in [3.63, 3.8) is 0 Å². The van der Waals surface area contributed by atoms with Gasteiger partial charge >= 0.3 is 6.09 Å². The summed E-state index contributed by atoms with van der Waals surface area (Å²) in [6.45, 7) is 5.14. The minimum atomic E-state index is -0.837. The van der Waals surface area contributed by atoms with Crippen LogP contribution in [0.25, 0.3) is 0 Å². The maximum absolute atomic E-state index is 11.6. The van der Waals surface area contributed by atoms with E-state index in [9.17, 15) is 9.90 Å². The lowest BCUT2D eigenvalue weighted by atomic mass is 10.1. The molecule has 1 aromatic rings. The highest BCUT2D eigenvalue weighted by Gasteiger charge is 2.21. The van der Waals surface area contributed by atoms with Gasteiger partial charge in [-0.25, -0.2) is 4.79 Å². The molecule has 0 aromatic carbocycles. The highest BCUT2D eigenvalue weighted by atomic mass is 79.9. The van der Waals surface area contributed by atoms with E-state index in [-0.39, 0.29) is 6.61 Å². The summed E-state index contributed by atoms with van der Waals surface area (Å²) in [5, 5.41) is 12.4. The van der Waals surface area contributed by atoms with Crippen molar-refractivity contribution in [1.82, 2.24) is 10.3 Å². The van der Waals surface area contributed by atoms with Crippen molar-refractivity contribution in [3.8, 4) is 0 Å². The number of carbonyl (C=O) groups is 1. The number of carbonyl (C=O) groups excluding carboxylic acids is 1. The van der Waals surface area contributed by atoms with Gasteiger partial charge in [-0.05, 0) is 42.8 Å². The average molecular weight is 352 g/mol. The number of aromatic nitrogens is 1. The first-order valence-corrected chi connectivity index (χ1v) is 6.80. The second-order valence-electron chi connectivity index (χ2n) is 4.97. The van der Waals surface area contributed by atoms with Gasteiger partial charge in [-0.15, -0.1) is 0 Å². The molecule has 0 fully saturated rings. The molecule has 19 heavy (non-hydrogen) atoms. The standard InChI is InChI=1S/C12H16BrClN2O3/c1-12(2,3)16-11(18)19-10(6-17)9-4-7(13)8(14)5-15-9/h4-5,10,17H,6H2,1-3H3,(H,16,18)/t10-/m1/s1. The van der Waals surface area contributed by atoms with Crippen molar-refractivity contribution in [1.29, 1.82) is 0 Å². The van der Waals surface area contributed by atoms with E-state index in [2.05, 4.69) is 26.2 Å². The normalized spacial score (nSPS) is 12.9. The summed E-state index contributed by atoms with van der Waals surface area (Å²) in [7, 11) is 0. The lowest BCUT2D eigenvalue weighted by Crippen LogP contribution is -2.41. The topological polar surface area (TPSA) is 71.5 Å². The van der Waals surface area contributed by atoms with Crippen LogP contribution in [0.3, 0.4) is 0 Å². The highest BCUT2D eigenvalue weighted by Crippen LogP contribution is 2.25. The molecular formula is C12H16BrClN2O3. The molecule has 1 amide bonds. The molecule has 106 valence electrons. The zero-order chi connectivity index (χ0) is 14.6. The molecular weight excluding hydrogens is 336 g/mol. The predicted molar refractivity (Wildman–Crippen MR) is 76.1 cm³/mol. The predicted octanol–water partition coefficient (Wildman–Crippen LogP) is 3.06. The molecule has 0 radical (unpaired) electrons. The fourth-order valence-corrected chi connectivity index (χ4v) is 1.70. The molecule has 2 N–H and O–H groups in total. The zero-order valence-corrected chi connectivity index (χ0v) is 13.2. The number of hydrogen-bond acceptors (Lipinski definition) is 4. The fourth-order valence-electron chi connectivity index (χ4n) is 1.26. The Balaban J connectivity index is 2.78. The van der Waals surface area contributed by atoms with Gasteiger partial charge in [0.05, 0.1) is 17.3 Å². The molecule has 1 heterocycles. The van der Waals surface area contributed by atoms with Crippen LogP contribution in [-0.2, 0) is 4.74 Å². The fraction of sp³-hybridized carbons (Fsp3) is 0.500. The average Bonchev–Trinajstić information content (AvgIpc) is 2.27. The molecule has 0 aliphatic carbocycles. The lowest BCUT2D eigenvalue weighted by molar-refractivity contribution is 0.0506. The molecule has 1 rings (SSSR count). The van der Waals surface area contributed by atoms with Crippen LogP contribution in [0.5, 0.6) is 0 Å². The molecule has 0 spiro atoms. The van der Waals surface area contributed by atoms with E-state index in [0.29, 0.717) is 15.2 Å². The number of pyridine rings is 1. The van der Waals surface area contributed by atoms with Crippen molar-refractivity contribution in [3.05, 3.63) is 27.5 Å². The molecule has 0 saturated carbocycles. The Bertz CT molecular complexity index is 463. The summed E-state index contributed by atoms with van der Waals surface area (Å²) in [6, 6.07) is 1.60. The van der Waals surface area contributed by atoms with Gasteiger partial charge in [0, 0.05) is 16.2 Å². The van der Waals surface area contributed by atoms with E-state index in [0.717, 1.165) is 0 Å². The molecule has 0 bridgehead atoms. The highest BCUT2D eigenvalue weighted by molar-refractivity contribution is 9.10. The third-order valence-corrected chi connectivity index (χ3v) is 3.24. The first-order valence-electron chi connectivity index (χ1n) is 5.63. The van der Waals surface area contributed by atoms with Crippen LogP contribution in [0.1, 0.15) is 32.6 Å². The first-order chi connectivity index (χ1) is 8.73. The van der Waals surface area contributed by atoms with Gasteiger partial charge in [0.25, 0.3) is 0 Å². The van der Waals surface area contributed by atoms with E-state index in [1.807, 2.05) is 20.8 Å². The van der Waals surface area contributed by atoms with Gasteiger partial charge in [0.2, 0.25) is 0 Å². The van der Waals surface area contributed by atoms with Gasteiger partial charge in [-0.2, -0.15) is 0 Å². The SMILES string of the molecule is CC(C)(C)NC(=O)O[C@H](CO)c1cc(Br)c(Cl)cn1. The third-order valence-electron chi connectivity index (χ3n) is 2.05. The number of aliphatic hydroxyl groups is 1. The Hall–Kier alpha value is -0.850. The smallest absolute Gasteiger partial charge is 0.408 e. The second kappa shape index (κ2) is 6.54. The zero-order valence-electron chi connectivity index (χ0n) is 10.9. The Kier molecular flexibility index (Phi) is 5.58. The Labute approximate surface area is 125 Å². The number of ether oxygens (including phenoxy) is 1. The molecule has 0 aliphatic rings. The van der Waals surface area contributed by atoms with Crippen molar-refractivity contribution >= 4 is 33.6 Å². The number of hydrogen-bond donors (Lipinski definition) is 2. The number of rotatable bonds is 3. The molecule has 5 nitrogen and oxygen atoms in total. The van der Waals surface area contributed by atoms with E-state index in [4.69, 9.17) is 16.3 Å². The summed E-state index contributed by atoms with van der Waals surface area (Å²) >= 11 is 9.08. The van der Waals surface area contributed by atoms with Gasteiger partial charge in [0.15, 0.2) is 6.10 Å². The van der Waals surface area contributed by atoms with Crippen LogP contribution in [0.4, 0.5) is 4.79 Å². The minimum absolute atomic E-state index is 0.362. The lowest BCUT2D eigenvalue weighted by Gasteiger charge is -2.22. The molecule has 7 heteroatoms. The van der Waals surface area contributed by atoms with Crippen molar-refractivity contribution in [2.45, 2.75) is 32.4 Å². The summed E-state index contributed by atoms with van der Waals surface area (Å²) in [5.74, 6) is 0. The van der Waals surface area contributed by atoms with Gasteiger partial charge in [-0.3, -0.25) is 4.98 Å². The number of aliphatic hydroxyl groups excluding tert-OH is 1. The van der Waals surface area contributed by atoms with Crippen LogP contribution in [-0.4, -0.2) is 28.3 Å². The Morgan fingerprint density at radius 3 is 2.74 bits per heavy atom. The van der Waals surface area contributed by atoms with Crippen LogP contribution in [0.2, 0.25) is 5.02 Å². The number of nitrogens with one attached hydrogen (secondary N) is 1. The van der Waals surface area contributed by atoms with E-state index < -0.39 is 17.7 Å². The maximum atomic E-state index is 11.6. The van der Waals surface area contributed by atoms with Gasteiger partial charge in [0.1, 0.15) is 0 Å². The number of alkyl carbamates (subject to hydrolysis) is 1. The monoisotopic (exact) mass is 350 g/mol. The Morgan fingerprint density at radius 1 is 1.63 bits per heavy atom. The van der Waals surface area contributed by atoms with Gasteiger partial charge < -0.3 is 15.2 Å². The Morgan fingerprint density at radius 2 is 2.26 bits per heavy atom. The van der Waals surface area contributed by atoms with Crippen molar-refractivity contribution in [2.75, 3.05) is 6.61 Å². The number of halogens is 2. The number of nitrogens with zero attached hydrogens (tertiary/aromatic N) is 1. The molecule has 0 aliphatic heterocycles. The summed E-state index contributed by atoms with van der Waals surface area (Å²) in [4.78, 5) is 15.7. The van der Waals surface area contributed by atoms with Crippen LogP contribution < -0.4 is 5.32 Å². The van der Waals surface area contributed by atoms with Crippen molar-refractivity contribution in [2.24, 2.45) is 0 Å². The molecule has 1 atom stereocenters. The van der Waals surface area contributed by atoms with E-state index in [1.54, 1.807) is 6.07 Å². The van der Waals surface area contributed by atoms with Crippen LogP contribution in [0, 0.1) is 0 Å². The van der Waals surface area contributed by atoms with Crippen molar-refractivity contribution < 1.29 is 14.6 Å². The summed E-state index contributed by atoms with van der Waals surface area (Å²) in [5.41, 5.74) is 0.00768. The number of amides is 1. The quantitative estimate of drug-likeness (QED) is 0.878. The molecule has 0 unspecified atom stereocenters. The third kappa shape index (κ3) is 5.34. The van der Waals surface area contributed by atoms with E-state index >= 15 is 0 Å². The second-order valence-corrected chi connectivity index (χ2v) is 6.24. The van der Waals surface area contributed by atoms with Crippen LogP contribution >= 0.6 is 27.5 Å². The summed E-state index contributed by atoms with van der Waals surface area (Å²) < 4.78 is 5.75. The largest absolute Gasteiger partial charge is 0.437 e. The van der Waals surface area contributed by atoms with Crippen LogP contribution in [0.15, 0.2) is 16.7 Å². The van der Waals surface area contributed by atoms with E-state index in [1.165, 1.54) is 6.20 Å². The molecule has 1 aromatic heterocycles. The molecule has 0 saturated heterocycles. The van der Waals surface area contributed by atoms with Gasteiger partial charge in [-0.1, -0.05) is 11.6 Å². The minimum Gasteiger partial charge on any atom is -0.437 e. The first kappa shape index (κ1) is 16.2.